The molecule has 1 saturated carbocycles. The predicted octanol–water partition coefficient (Wildman–Crippen LogP) is 3.72. The lowest BCUT2D eigenvalue weighted by molar-refractivity contribution is 0.0689. The number of benzene rings is 2. The average Bonchev–Trinajstić information content (AvgIpc) is 3.31. The highest BCUT2D eigenvalue weighted by atomic mass is 35.5. The fourth-order valence-electron chi connectivity index (χ4n) is 4.88. The van der Waals surface area contributed by atoms with Gasteiger partial charge in [-0.1, -0.05) is 24.6 Å². The van der Waals surface area contributed by atoms with E-state index in [4.69, 9.17) is 0 Å². The normalized spacial score (nSPS) is 21.2. The molecule has 1 atom stereocenters. The van der Waals surface area contributed by atoms with Crippen LogP contribution in [0.3, 0.4) is 0 Å². The van der Waals surface area contributed by atoms with Gasteiger partial charge in [0.2, 0.25) is 0 Å². The second-order valence-electron chi connectivity index (χ2n) is 8.48. The Morgan fingerprint density at radius 1 is 1.00 bits per heavy atom. The Morgan fingerprint density at radius 2 is 1.73 bits per heavy atom. The van der Waals surface area contributed by atoms with Crippen LogP contribution in [-0.4, -0.2) is 53.8 Å². The zero-order valence-corrected chi connectivity index (χ0v) is 18.1. The quantitative estimate of drug-likeness (QED) is 0.812. The Labute approximate surface area is 183 Å². The van der Waals surface area contributed by atoms with Gasteiger partial charge in [-0.25, -0.2) is 0 Å². The van der Waals surface area contributed by atoms with Gasteiger partial charge in [0.05, 0.1) is 0 Å². The molecule has 2 aromatic rings. The first kappa shape index (κ1) is 20.9. The molecule has 0 aromatic heterocycles. The van der Waals surface area contributed by atoms with Gasteiger partial charge in [-0.3, -0.25) is 14.5 Å². The molecule has 2 aromatic carbocycles. The van der Waals surface area contributed by atoms with Crippen molar-refractivity contribution < 1.29 is 9.59 Å². The highest BCUT2D eigenvalue weighted by Gasteiger charge is 2.39. The van der Waals surface area contributed by atoms with Crippen LogP contribution < -0.4 is 5.32 Å². The molecule has 5 nitrogen and oxygen atoms in total. The van der Waals surface area contributed by atoms with Crippen molar-refractivity contribution in [3.8, 4) is 11.1 Å². The molecule has 30 heavy (non-hydrogen) atoms. The highest BCUT2D eigenvalue weighted by molar-refractivity contribution is 5.99. The van der Waals surface area contributed by atoms with Crippen molar-refractivity contribution in [2.75, 3.05) is 20.1 Å². The van der Waals surface area contributed by atoms with Crippen molar-refractivity contribution in [2.24, 2.45) is 0 Å². The fourth-order valence-corrected chi connectivity index (χ4v) is 4.88. The van der Waals surface area contributed by atoms with Crippen LogP contribution >= 0.6 is 12.4 Å². The van der Waals surface area contributed by atoms with Crippen molar-refractivity contribution in [3.63, 3.8) is 0 Å². The van der Waals surface area contributed by atoms with E-state index in [1.54, 1.807) is 7.05 Å². The summed E-state index contributed by atoms with van der Waals surface area (Å²) in [4.78, 5) is 29.4. The summed E-state index contributed by atoms with van der Waals surface area (Å²) in [5, 5.41) is 2.64. The first-order chi connectivity index (χ1) is 14.1. The van der Waals surface area contributed by atoms with E-state index in [2.05, 4.69) is 21.2 Å². The van der Waals surface area contributed by atoms with Crippen LogP contribution in [0.25, 0.3) is 11.1 Å². The average molecular weight is 426 g/mol. The summed E-state index contributed by atoms with van der Waals surface area (Å²) in [6.45, 7) is 2.86. The van der Waals surface area contributed by atoms with Gasteiger partial charge in [-0.05, 0) is 60.2 Å². The topological polar surface area (TPSA) is 52.7 Å². The molecular formula is C24H28ClN3O2. The maximum Gasteiger partial charge on any atom is 0.254 e. The summed E-state index contributed by atoms with van der Waals surface area (Å²) in [5.41, 5.74) is 4.76. The molecule has 0 unspecified atom stereocenters. The number of carbonyl (C=O) groups excluding carboxylic acids is 2. The summed E-state index contributed by atoms with van der Waals surface area (Å²) in [6, 6.07) is 14.8. The van der Waals surface area contributed by atoms with E-state index in [0.29, 0.717) is 18.2 Å². The number of fused-ring (bicyclic) bond motifs is 1. The van der Waals surface area contributed by atoms with Crippen LogP contribution in [0.4, 0.5) is 0 Å². The third-order valence-corrected chi connectivity index (χ3v) is 6.87. The van der Waals surface area contributed by atoms with E-state index in [9.17, 15) is 9.59 Å². The van der Waals surface area contributed by atoms with E-state index >= 15 is 0 Å². The Kier molecular flexibility index (Phi) is 5.85. The predicted molar refractivity (Wildman–Crippen MR) is 120 cm³/mol. The Bertz CT molecular complexity index is 955. The first-order valence-corrected chi connectivity index (χ1v) is 10.6. The molecule has 1 aliphatic carbocycles. The minimum Gasteiger partial charge on any atom is -0.355 e. The monoisotopic (exact) mass is 425 g/mol. The summed E-state index contributed by atoms with van der Waals surface area (Å²) in [5.74, 6) is 0.0984. The number of carbonyl (C=O) groups is 2. The van der Waals surface area contributed by atoms with Gasteiger partial charge in [0, 0.05) is 49.9 Å². The standard InChI is InChI=1S/C24H27N3O2.ClH/c1-25-23(28)17-7-5-16(6-8-17)18-9-10-22-19(13-18)14-27(24(22)29)21-11-12-26(15-21)20-3-2-4-20;/h5-10,13,20-21H,2-4,11-12,14-15H2,1H3,(H,25,28);1H/t21-;/m1./s1. The maximum absolute atomic E-state index is 13.0. The van der Waals surface area contributed by atoms with E-state index < -0.39 is 0 Å². The molecule has 0 spiro atoms. The summed E-state index contributed by atoms with van der Waals surface area (Å²) < 4.78 is 0. The van der Waals surface area contributed by atoms with E-state index in [1.165, 1.54) is 19.3 Å². The minimum absolute atomic E-state index is 0. The SMILES string of the molecule is CNC(=O)c1ccc(-c2ccc3c(c2)CN([C@@H]2CCN(C4CCC4)C2)C3=O)cc1.Cl. The molecular weight excluding hydrogens is 398 g/mol. The molecule has 5 rings (SSSR count). The van der Waals surface area contributed by atoms with Crippen LogP contribution in [0.2, 0.25) is 0 Å². The summed E-state index contributed by atoms with van der Waals surface area (Å²) >= 11 is 0. The number of rotatable bonds is 4. The molecule has 1 N–H and O–H groups in total. The van der Waals surface area contributed by atoms with Crippen LogP contribution in [0.1, 0.15) is 52.0 Å². The molecule has 2 aliphatic heterocycles. The zero-order chi connectivity index (χ0) is 20.0. The molecule has 6 heteroatoms. The summed E-state index contributed by atoms with van der Waals surface area (Å²) in [6.07, 6.45) is 5.09. The smallest absolute Gasteiger partial charge is 0.254 e. The van der Waals surface area contributed by atoms with Crippen molar-refractivity contribution in [2.45, 2.75) is 44.3 Å². The van der Waals surface area contributed by atoms with Gasteiger partial charge in [-0.2, -0.15) is 0 Å². The lowest BCUT2D eigenvalue weighted by atomic mass is 9.92. The van der Waals surface area contributed by atoms with Crippen molar-refractivity contribution in [1.29, 1.82) is 0 Å². The molecule has 0 radical (unpaired) electrons. The van der Waals surface area contributed by atoms with Gasteiger partial charge >= 0.3 is 0 Å². The van der Waals surface area contributed by atoms with Crippen LogP contribution in [0, 0.1) is 0 Å². The maximum atomic E-state index is 13.0. The molecule has 2 fully saturated rings. The van der Waals surface area contributed by atoms with E-state index in [1.807, 2.05) is 36.4 Å². The second-order valence-corrected chi connectivity index (χ2v) is 8.48. The van der Waals surface area contributed by atoms with E-state index in [-0.39, 0.29) is 24.2 Å². The van der Waals surface area contributed by atoms with Crippen LogP contribution in [0.15, 0.2) is 42.5 Å². The van der Waals surface area contributed by atoms with Crippen molar-refractivity contribution >= 4 is 24.2 Å². The summed E-state index contributed by atoms with van der Waals surface area (Å²) in [7, 11) is 1.63. The largest absolute Gasteiger partial charge is 0.355 e. The number of hydrogen-bond donors (Lipinski definition) is 1. The Hall–Kier alpha value is -2.37. The minimum atomic E-state index is -0.0840. The number of hydrogen-bond acceptors (Lipinski definition) is 3. The van der Waals surface area contributed by atoms with Gasteiger partial charge in [0.15, 0.2) is 0 Å². The number of halogens is 1. The zero-order valence-electron chi connectivity index (χ0n) is 17.3. The van der Waals surface area contributed by atoms with Gasteiger partial charge < -0.3 is 10.2 Å². The number of nitrogens with one attached hydrogen (secondary N) is 1. The van der Waals surface area contributed by atoms with Crippen molar-refractivity contribution in [3.05, 3.63) is 59.2 Å². The van der Waals surface area contributed by atoms with Crippen molar-refractivity contribution in [1.82, 2.24) is 15.1 Å². The van der Waals surface area contributed by atoms with Crippen LogP contribution in [-0.2, 0) is 6.54 Å². The molecule has 2 heterocycles. The lowest BCUT2D eigenvalue weighted by Crippen LogP contribution is -2.42. The number of nitrogens with zero attached hydrogens (tertiary/aromatic N) is 2. The van der Waals surface area contributed by atoms with E-state index in [0.717, 1.165) is 47.8 Å². The third-order valence-electron chi connectivity index (χ3n) is 6.87. The Balaban J connectivity index is 0.00000218. The molecule has 1 saturated heterocycles. The number of amides is 2. The third kappa shape index (κ3) is 3.61. The number of likely N-dealkylation sites (tertiary alicyclic amines) is 1. The first-order valence-electron chi connectivity index (χ1n) is 10.6. The fraction of sp³-hybridized carbons (Fsp3) is 0.417. The second kappa shape index (κ2) is 8.40. The van der Waals surface area contributed by atoms with Gasteiger partial charge in [0.1, 0.15) is 0 Å². The highest BCUT2D eigenvalue weighted by Crippen LogP contribution is 2.34. The molecule has 2 amide bonds. The molecule has 158 valence electrons. The Morgan fingerprint density at radius 3 is 2.40 bits per heavy atom. The molecule has 0 bridgehead atoms. The van der Waals surface area contributed by atoms with Crippen LogP contribution in [0.5, 0.6) is 0 Å². The van der Waals surface area contributed by atoms with Gasteiger partial charge in [0.25, 0.3) is 11.8 Å². The molecule has 3 aliphatic rings. The van der Waals surface area contributed by atoms with Gasteiger partial charge in [-0.15, -0.1) is 12.4 Å². The lowest BCUT2D eigenvalue weighted by Gasteiger charge is -2.35.